The zero-order chi connectivity index (χ0) is 13.8. The molecule has 0 aliphatic carbocycles. The van der Waals surface area contributed by atoms with Crippen LogP contribution in [0.5, 0.6) is 0 Å². The Labute approximate surface area is 111 Å². The molecule has 0 saturated heterocycles. The molecular formula is C14H15N3O2. The third-order valence-electron chi connectivity index (χ3n) is 2.83. The van der Waals surface area contributed by atoms with Crippen molar-refractivity contribution in [1.29, 1.82) is 0 Å². The molecule has 19 heavy (non-hydrogen) atoms. The van der Waals surface area contributed by atoms with Gasteiger partial charge in [0.2, 0.25) is 0 Å². The van der Waals surface area contributed by atoms with E-state index in [9.17, 15) is 4.79 Å². The predicted molar refractivity (Wildman–Crippen MR) is 72.6 cm³/mol. The van der Waals surface area contributed by atoms with Crippen molar-refractivity contribution < 1.29 is 9.90 Å². The highest BCUT2D eigenvalue weighted by Gasteiger charge is 2.17. The molecule has 0 spiro atoms. The maximum absolute atomic E-state index is 11.1. The van der Waals surface area contributed by atoms with Gasteiger partial charge in [0.25, 0.3) is 0 Å². The first kappa shape index (κ1) is 13.0. The molecule has 0 saturated carbocycles. The van der Waals surface area contributed by atoms with Gasteiger partial charge in [-0.2, -0.15) is 0 Å². The SMILES string of the molecule is Cc1ncccc1N(CC(=O)O)c1cccnc1C. The molecular weight excluding hydrogens is 242 g/mol. The summed E-state index contributed by atoms with van der Waals surface area (Å²) < 4.78 is 0. The highest BCUT2D eigenvalue weighted by Crippen LogP contribution is 2.28. The lowest BCUT2D eigenvalue weighted by Crippen LogP contribution is -2.26. The second kappa shape index (κ2) is 5.48. The Morgan fingerprint density at radius 1 is 1.11 bits per heavy atom. The van der Waals surface area contributed by atoms with Crippen molar-refractivity contribution in [3.05, 3.63) is 48.0 Å². The van der Waals surface area contributed by atoms with Gasteiger partial charge in [-0.1, -0.05) is 0 Å². The van der Waals surface area contributed by atoms with E-state index < -0.39 is 5.97 Å². The molecule has 0 radical (unpaired) electrons. The summed E-state index contributed by atoms with van der Waals surface area (Å²) >= 11 is 0. The van der Waals surface area contributed by atoms with Gasteiger partial charge >= 0.3 is 5.97 Å². The summed E-state index contributed by atoms with van der Waals surface area (Å²) in [6.07, 6.45) is 3.38. The van der Waals surface area contributed by atoms with Crippen molar-refractivity contribution in [2.75, 3.05) is 11.4 Å². The number of anilines is 2. The number of aliphatic carboxylic acids is 1. The molecule has 1 N–H and O–H groups in total. The molecule has 2 aromatic heterocycles. The Kier molecular flexibility index (Phi) is 3.75. The van der Waals surface area contributed by atoms with Crippen LogP contribution < -0.4 is 4.90 Å². The molecule has 2 aromatic rings. The van der Waals surface area contributed by atoms with Crippen molar-refractivity contribution in [3.8, 4) is 0 Å². The van der Waals surface area contributed by atoms with Crippen LogP contribution in [0.4, 0.5) is 11.4 Å². The van der Waals surface area contributed by atoms with Gasteiger partial charge in [0.1, 0.15) is 6.54 Å². The molecule has 2 rings (SSSR count). The number of aromatic nitrogens is 2. The minimum absolute atomic E-state index is 0.126. The van der Waals surface area contributed by atoms with E-state index in [1.165, 1.54) is 0 Å². The van der Waals surface area contributed by atoms with E-state index in [2.05, 4.69) is 9.97 Å². The molecule has 0 atom stereocenters. The van der Waals surface area contributed by atoms with E-state index in [-0.39, 0.29) is 6.54 Å². The number of aryl methyl sites for hydroxylation is 2. The average Bonchev–Trinajstić information content (AvgIpc) is 2.37. The third-order valence-corrected chi connectivity index (χ3v) is 2.83. The summed E-state index contributed by atoms with van der Waals surface area (Å²) in [5.74, 6) is -0.897. The number of carboxylic acid groups (broad SMARTS) is 1. The normalized spacial score (nSPS) is 10.2. The number of hydrogen-bond donors (Lipinski definition) is 1. The number of pyridine rings is 2. The van der Waals surface area contributed by atoms with E-state index in [1.54, 1.807) is 29.4 Å². The van der Waals surface area contributed by atoms with Crippen LogP contribution in [0, 0.1) is 13.8 Å². The Morgan fingerprint density at radius 2 is 1.58 bits per heavy atom. The minimum atomic E-state index is -0.897. The summed E-state index contributed by atoms with van der Waals surface area (Å²) in [5, 5.41) is 9.11. The lowest BCUT2D eigenvalue weighted by molar-refractivity contribution is -0.135. The molecule has 0 amide bonds. The number of carbonyl (C=O) groups is 1. The van der Waals surface area contributed by atoms with Crippen molar-refractivity contribution in [2.45, 2.75) is 13.8 Å². The quantitative estimate of drug-likeness (QED) is 0.910. The van der Waals surface area contributed by atoms with Crippen LogP contribution in [-0.2, 0) is 4.79 Å². The second-order valence-electron chi connectivity index (χ2n) is 4.20. The maximum Gasteiger partial charge on any atom is 0.323 e. The fourth-order valence-corrected chi connectivity index (χ4v) is 1.96. The van der Waals surface area contributed by atoms with Crippen LogP contribution in [0.3, 0.4) is 0 Å². The summed E-state index contributed by atoms with van der Waals surface area (Å²) in [5.41, 5.74) is 3.13. The smallest absolute Gasteiger partial charge is 0.323 e. The van der Waals surface area contributed by atoms with Gasteiger partial charge in [0, 0.05) is 12.4 Å². The topological polar surface area (TPSA) is 66.3 Å². The molecule has 0 fully saturated rings. The number of nitrogens with zero attached hydrogens (tertiary/aromatic N) is 3. The van der Waals surface area contributed by atoms with Crippen molar-refractivity contribution >= 4 is 17.3 Å². The monoisotopic (exact) mass is 257 g/mol. The Hall–Kier alpha value is -2.43. The molecule has 0 aromatic carbocycles. The first-order chi connectivity index (χ1) is 9.09. The highest BCUT2D eigenvalue weighted by molar-refractivity contribution is 5.79. The van der Waals surface area contributed by atoms with Crippen LogP contribution in [0.15, 0.2) is 36.7 Å². The van der Waals surface area contributed by atoms with Gasteiger partial charge in [0.05, 0.1) is 22.8 Å². The first-order valence-corrected chi connectivity index (χ1v) is 5.92. The number of carboxylic acids is 1. The molecule has 5 nitrogen and oxygen atoms in total. The zero-order valence-electron chi connectivity index (χ0n) is 10.9. The van der Waals surface area contributed by atoms with Gasteiger partial charge in [-0.25, -0.2) is 0 Å². The second-order valence-corrected chi connectivity index (χ2v) is 4.20. The molecule has 0 unspecified atom stereocenters. The van der Waals surface area contributed by atoms with Crippen molar-refractivity contribution in [2.24, 2.45) is 0 Å². The summed E-state index contributed by atoms with van der Waals surface area (Å²) in [4.78, 5) is 21.2. The van der Waals surface area contributed by atoms with Gasteiger partial charge in [-0.3, -0.25) is 14.8 Å². The number of hydrogen-bond acceptors (Lipinski definition) is 4. The van der Waals surface area contributed by atoms with Gasteiger partial charge in [0.15, 0.2) is 0 Å². The molecule has 0 aliphatic rings. The zero-order valence-corrected chi connectivity index (χ0v) is 10.9. The Balaban J connectivity index is 2.51. The van der Waals surface area contributed by atoms with Gasteiger partial charge < -0.3 is 10.0 Å². The fourth-order valence-electron chi connectivity index (χ4n) is 1.96. The summed E-state index contributed by atoms with van der Waals surface area (Å²) in [6, 6.07) is 7.31. The van der Waals surface area contributed by atoms with Gasteiger partial charge in [-0.15, -0.1) is 0 Å². The first-order valence-electron chi connectivity index (χ1n) is 5.92. The molecule has 98 valence electrons. The Morgan fingerprint density at radius 3 is 1.95 bits per heavy atom. The number of rotatable bonds is 4. The minimum Gasteiger partial charge on any atom is -0.480 e. The molecule has 5 heteroatoms. The van der Waals surface area contributed by atoms with Gasteiger partial charge in [-0.05, 0) is 38.1 Å². The van der Waals surface area contributed by atoms with Crippen LogP contribution in [-0.4, -0.2) is 27.6 Å². The summed E-state index contributed by atoms with van der Waals surface area (Å²) in [6.45, 7) is 3.59. The molecule has 0 aliphatic heterocycles. The van der Waals surface area contributed by atoms with Crippen LogP contribution in [0.25, 0.3) is 0 Å². The van der Waals surface area contributed by atoms with E-state index >= 15 is 0 Å². The van der Waals surface area contributed by atoms with E-state index in [0.717, 1.165) is 22.8 Å². The standard InChI is InChI=1S/C14H15N3O2/c1-10-12(5-3-7-15-10)17(9-14(18)19)13-6-4-8-16-11(13)2/h3-8H,9H2,1-2H3,(H,18,19). The van der Waals surface area contributed by atoms with Crippen molar-refractivity contribution in [3.63, 3.8) is 0 Å². The van der Waals surface area contributed by atoms with E-state index in [4.69, 9.17) is 5.11 Å². The maximum atomic E-state index is 11.1. The van der Waals surface area contributed by atoms with E-state index in [1.807, 2.05) is 26.0 Å². The van der Waals surface area contributed by atoms with Crippen LogP contribution in [0.1, 0.15) is 11.4 Å². The van der Waals surface area contributed by atoms with E-state index in [0.29, 0.717) is 0 Å². The van der Waals surface area contributed by atoms with Crippen molar-refractivity contribution in [1.82, 2.24) is 9.97 Å². The van der Waals surface area contributed by atoms with Crippen LogP contribution in [0.2, 0.25) is 0 Å². The lowest BCUT2D eigenvalue weighted by Gasteiger charge is -2.25. The Bertz CT molecular complexity index is 553. The fraction of sp³-hybridized carbons (Fsp3) is 0.214. The average molecular weight is 257 g/mol. The summed E-state index contributed by atoms with van der Waals surface area (Å²) in [7, 11) is 0. The third kappa shape index (κ3) is 2.88. The molecule has 0 bridgehead atoms. The highest BCUT2D eigenvalue weighted by atomic mass is 16.4. The largest absolute Gasteiger partial charge is 0.480 e. The predicted octanol–water partition coefficient (Wildman–Crippen LogP) is 2.32. The molecule has 2 heterocycles. The van der Waals surface area contributed by atoms with Crippen LogP contribution >= 0.6 is 0 Å². The lowest BCUT2D eigenvalue weighted by atomic mass is 10.2.